The summed E-state index contributed by atoms with van der Waals surface area (Å²) in [6.07, 6.45) is 1.31. The normalized spacial score (nSPS) is 12.1. The van der Waals surface area contributed by atoms with E-state index in [9.17, 15) is 13.2 Å². The van der Waals surface area contributed by atoms with Crippen LogP contribution in [-0.2, 0) is 19.6 Å². The third-order valence-corrected chi connectivity index (χ3v) is 4.74. The van der Waals surface area contributed by atoms with Gasteiger partial charge in [0.25, 0.3) is 0 Å². The van der Waals surface area contributed by atoms with Crippen LogP contribution in [0, 0.1) is 12.8 Å². The summed E-state index contributed by atoms with van der Waals surface area (Å²) in [5.41, 5.74) is 0.483. The van der Waals surface area contributed by atoms with Gasteiger partial charge < -0.3 is 4.74 Å². The fourth-order valence-electron chi connectivity index (χ4n) is 1.77. The number of aromatic nitrogens is 2. The lowest BCUT2D eigenvalue weighted by molar-refractivity contribution is -0.140. The highest BCUT2D eigenvalue weighted by Gasteiger charge is 2.28. The van der Waals surface area contributed by atoms with Gasteiger partial charge in [-0.3, -0.25) is 9.89 Å². The summed E-state index contributed by atoms with van der Waals surface area (Å²) < 4.78 is 31.0. The molecular formula is C12H21N3O4S. The topological polar surface area (TPSA) is 92.4 Å². The van der Waals surface area contributed by atoms with Crippen LogP contribution in [0.5, 0.6) is 0 Å². The first-order chi connectivity index (χ1) is 9.28. The van der Waals surface area contributed by atoms with Crippen LogP contribution in [0.1, 0.15) is 26.0 Å². The van der Waals surface area contributed by atoms with Crippen molar-refractivity contribution in [3.05, 3.63) is 11.9 Å². The fourth-order valence-corrected chi connectivity index (χ4v) is 3.50. The van der Waals surface area contributed by atoms with Gasteiger partial charge in [-0.25, -0.2) is 8.42 Å². The van der Waals surface area contributed by atoms with Gasteiger partial charge in [-0.1, -0.05) is 13.8 Å². The number of aryl methyl sites for hydroxylation is 1. The number of rotatable bonds is 7. The molecule has 0 amide bonds. The van der Waals surface area contributed by atoms with Crippen LogP contribution < -0.4 is 0 Å². The Morgan fingerprint density at radius 2 is 2.15 bits per heavy atom. The molecule has 0 unspecified atom stereocenters. The molecule has 1 rings (SSSR count). The number of H-pyrrole nitrogens is 1. The number of ether oxygens (including phenoxy) is 1. The summed E-state index contributed by atoms with van der Waals surface area (Å²) in [6, 6.07) is 0. The van der Waals surface area contributed by atoms with E-state index >= 15 is 0 Å². The Bertz CT molecular complexity index is 551. The molecule has 0 spiro atoms. The van der Waals surface area contributed by atoms with Gasteiger partial charge in [-0.2, -0.15) is 9.40 Å². The molecule has 1 heterocycles. The van der Waals surface area contributed by atoms with E-state index in [0.29, 0.717) is 12.2 Å². The Hall–Kier alpha value is -1.41. The summed E-state index contributed by atoms with van der Waals surface area (Å²) in [5, 5.41) is 6.35. The number of hydrogen-bond acceptors (Lipinski definition) is 5. The lowest BCUT2D eigenvalue weighted by Gasteiger charge is -2.23. The highest BCUT2D eigenvalue weighted by atomic mass is 32.2. The molecule has 1 aromatic heterocycles. The van der Waals surface area contributed by atoms with E-state index in [2.05, 4.69) is 14.9 Å². The number of carbonyl (C=O) groups is 1. The van der Waals surface area contributed by atoms with E-state index in [0.717, 1.165) is 0 Å². The first kappa shape index (κ1) is 16.6. The lowest BCUT2D eigenvalue weighted by atomic mass is 10.2. The van der Waals surface area contributed by atoms with Crippen molar-refractivity contribution in [1.29, 1.82) is 0 Å². The van der Waals surface area contributed by atoms with E-state index in [1.807, 2.05) is 13.8 Å². The molecular weight excluding hydrogens is 282 g/mol. The van der Waals surface area contributed by atoms with Gasteiger partial charge in [0.1, 0.15) is 4.90 Å². The lowest BCUT2D eigenvalue weighted by Crippen LogP contribution is -2.36. The van der Waals surface area contributed by atoms with Gasteiger partial charge in [0, 0.05) is 13.1 Å². The van der Waals surface area contributed by atoms with Crippen LogP contribution in [-0.4, -0.2) is 49.1 Å². The summed E-state index contributed by atoms with van der Waals surface area (Å²) >= 11 is 0. The van der Waals surface area contributed by atoms with Crippen molar-refractivity contribution < 1.29 is 17.9 Å². The highest BCUT2D eigenvalue weighted by Crippen LogP contribution is 2.19. The zero-order chi connectivity index (χ0) is 15.3. The van der Waals surface area contributed by atoms with Gasteiger partial charge in [0.2, 0.25) is 10.0 Å². The standard InChI is InChI=1S/C12H21N3O4S/c1-9(2)8-15(6-5-12(16)19-4)20(17,18)11-7-13-14-10(11)3/h7,9H,5-6,8H2,1-4H3,(H,13,14). The Morgan fingerprint density at radius 3 is 2.60 bits per heavy atom. The van der Waals surface area contributed by atoms with Gasteiger partial charge >= 0.3 is 5.97 Å². The molecule has 0 aromatic carbocycles. The zero-order valence-corrected chi connectivity index (χ0v) is 13.0. The molecule has 0 fully saturated rings. The summed E-state index contributed by atoms with van der Waals surface area (Å²) in [5.74, 6) is -0.285. The van der Waals surface area contributed by atoms with Crippen molar-refractivity contribution in [3.8, 4) is 0 Å². The fraction of sp³-hybridized carbons (Fsp3) is 0.667. The van der Waals surface area contributed by atoms with Crippen molar-refractivity contribution in [2.45, 2.75) is 32.1 Å². The van der Waals surface area contributed by atoms with Crippen LogP contribution in [0.2, 0.25) is 0 Å². The van der Waals surface area contributed by atoms with Crippen molar-refractivity contribution in [2.24, 2.45) is 5.92 Å². The molecule has 0 radical (unpaired) electrons. The third kappa shape index (κ3) is 4.04. The van der Waals surface area contributed by atoms with Gasteiger partial charge in [-0.15, -0.1) is 0 Å². The number of hydrogen-bond donors (Lipinski definition) is 1. The number of sulfonamides is 1. The Morgan fingerprint density at radius 1 is 1.50 bits per heavy atom. The van der Waals surface area contributed by atoms with E-state index in [-0.39, 0.29) is 23.8 Å². The maximum atomic E-state index is 12.6. The Kier molecular flexibility index (Phi) is 5.70. The van der Waals surface area contributed by atoms with Crippen LogP contribution in [0.3, 0.4) is 0 Å². The molecule has 1 N–H and O–H groups in total. The number of esters is 1. The maximum Gasteiger partial charge on any atom is 0.306 e. The summed E-state index contributed by atoms with van der Waals surface area (Å²) in [4.78, 5) is 11.4. The molecule has 0 saturated carbocycles. The number of aromatic amines is 1. The number of nitrogens with one attached hydrogen (secondary N) is 1. The molecule has 0 atom stereocenters. The van der Waals surface area contributed by atoms with Crippen molar-refractivity contribution in [1.82, 2.24) is 14.5 Å². The number of nitrogens with zero attached hydrogens (tertiary/aromatic N) is 2. The Labute approximate surface area is 119 Å². The predicted octanol–water partition coefficient (Wildman–Crippen LogP) is 0.928. The molecule has 20 heavy (non-hydrogen) atoms. The van der Waals surface area contributed by atoms with Crippen molar-refractivity contribution in [3.63, 3.8) is 0 Å². The average Bonchev–Trinajstić information content (AvgIpc) is 2.80. The van der Waals surface area contributed by atoms with Crippen molar-refractivity contribution >= 4 is 16.0 Å². The second-order valence-electron chi connectivity index (χ2n) is 4.94. The SMILES string of the molecule is COC(=O)CCN(CC(C)C)S(=O)(=O)c1cn[nH]c1C. The third-order valence-electron chi connectivity index (χ3n) is 2.76. The first-order valence-corrected chi connectivity index (χ1v) is 7.80. The molecule has 0 bridgehead atoms. The second-order valence-corrected chi connectivity index (χ2v) is 6.85. The van der Waals surface area contributed by atoms with E-state index in [1.165, 1.54) is 17.6 Å². The molecule has 7 nitrogen and oxygen atoms in total. The highest BCUT2D eigenvalue weighted by molar-refractivity contribution is 7.89. The molecule has 0 aliphatic heterocycles. The molecule has 114 valence electrons. The minimum Gasteiger partial charge on any atom is -0.469 e. The van der Waals surface area contributed by atoms with E-state index in [1.54, 1.807) is 6.92 Å². The number of methoxy groups -OCH3 is 1. The second kappa shape index (κ2) is 6.85. The molecule has 0 aliphatic carbocycles. The number of carbonyl (C=O) groups excluding carboxylic acids is 1. The molecule has 8 heteroatoms. The van der Waals surface area contributed by atoms with Crippen LogP contribution >= 0.6 is 0 Å². The quantitative estimate of drug-likeness (QED) is 0.756. The van der Waals surface area contributed by atoms with Gasteiger partial charge in [-0.05, 0) is 12.8 Å². The maximum absolute atomic E-state index is 12.6. The summed E-state index contributed by atoms with van der Waals surface area (Å²) in [6.45, 7) is 5.92. The van der Waals surface area contributed by atoms with Gasteiger partial charge in [0.05, 0.1) is 25.4 Å². The van der Waals surface area contributed by atoms with Crippen molar-refractivity contribution in [2.75, 3.05) is 20.2 Å². The predicted molar refractivity (Wildman–Crippen MR) is 73.6 cm³/mol. The van der Waals surface area contributed by atoms with Crippen LogP contribution in [0.4, 0.5) is 0 Å². The molecule has 1 aromatic rings. The minimum atomic E-state index is -3.66. The van der Waals surface area contributed by atoms with Crippen LogP contribution in [0.15, 0.2) is 11.1 Å². The smallest absolute Gasteiger partial charge is 0.306 e. The minimum absolute atomic E-state index is 0.0271. The van der Waals surface area contributed by atoms with E-state index in [4.69, 9.17) is 0 Å². The first-order valence-electron chi connectivity index (χ1n) is 6.36. The monoisotopic (exact) mass is 303 g/mol. The van der Waals surface area contributed by atoms with Gasteiger partial charge in [0.15, 0.2) is 0 Å². The average molecular weight is 303 g/mol. The zero-order valence-electron chi connectivity index (χ0n) is 12.2. The Balaban J connectivity index is 2.98. The largest absolute Gasteiger partial charge is 0.469 e. The summed E-state index contributed by atoms with van der Waals surface area (Å²) in [7, 11) is -2.37. The van der Waals surface area contributed by atoms with E-state index < -0.39 is 16.0 Å². The van der Waals surface area contributed by atoms with Crippen LogP contribution in [0.25, 0.3) is 0 Å². The molecule has 0 saturated heterocycles. The molecule has 0 aliphatic rings.